The fourth-order valence-corrected chi connectivity index (χ4v) is 2.81. The Hall–Kier alpha value is -0.790. The molecule has 0 saturated carbocycles. The van der Waals surface area contributed by atoms with E-state index in [2.05, 4.69) is 6.92 Å². The van der Waals surface area contributed by atoms with Crippen LogP contribution in [0.15, 0.2) is 18.2 Å². The Morgan fingerprint density at radius 3 is 2.45 bits per heavy atom. The normalized spacial score (nSPS) is 17.4. The van der Waals surface area contributed by atoms with Crippen LogP contribution >= 0.6 is 22.6 Å². The summed E-state index contributed by atoms with van der Waals surface area (Å²) < 4.78 is 39.6. The number of nitrogens with zero attached hydrogens (tertiary/aromatic N) is 1. The molecule has 6 heteroatoms. The summed E-state index contributed by atoms with van der Waals surface area (Å²) in [7, 11) is 0. The predicted molar refractivity (Wildman–Crippen MR) is 78.5 cm³/mol. The summed E-state index contributed by atoms with van der Waals surface area (Å²) in [4.78, 5) is 13.8. The van der Waals surface area contributed by atoms with Crippen LogP contribution in [0.3, 0.4) is 0 Å². The van der Waals surface area contributed by atoms with E-state index < -0.39 is 17.6 Å². The number of hydrogen-bond donors (Lipinski definition) is 0. The van der Waals surface area contributed by atoms with E-state index in [1.807, 2.05) is 22.6 Å². The van der Waals surface area contributed by atoms with Crippen molar-refractivity contribution < 1.29 is 18.0 Å². The minimum atomic E-state index is -4.50. The van der Waals surface area contributed by atoms with Gasteiger partial charge in [-0.15, -0.1) is 0 Å². The van der Waals surface area contributed by atoms with Crippen molar-refractivity contribution in [1.29, 1.82) is 0 Å². The molecule has 1 aromatic carbocycles. The van der Waals surface area contributed by atoms with Crippen LogP contribution in [0.2, 0.25) is 0 Å². The fourth-order valence-electron chi connectivity index (χ4n) is 2.32. The first kappa shape index (κ1) is 15.6. The Bertz CT molecular complexity index is 508. The average Bonchev–Trinajstić information content (AvgIpc) is 2.38. The Morgan fingerprint density at radius 2 is 1.90 bits per heavy atom. The highest BCUT2D eigenvalue weighted by atomic mass is 127. The first-order valence-corrected chi connectivity index (χ1v) is 7.53. The van der Waals surface area contributed by atoms with Crippen molar-refractivity contribution in [2.75, 3.05) is 13.1 Å². The van der Waals surface area contributed by atoms with Gasteiger partial charge in [0.05, 0.1) is 11.1 Å². The van der Waals surface area contributed by atoms with E-state index in [0.717, 1.165) is 18.9 Å². The third-order valence-electron chi connectivity index (χ3n) is 3.59. The van der Waals surface area contributed by atoms with Gasteiger partial charge in [0, 0.05) is 16.7 Å². The van der Waals surface area contributed by atoms with Gasteiger partial charge in [-0.2, -0.15) is 13.2 Å². The average molecular weight is 397 g/mol. The zero-order chi connectivity index (χ0) is 14.9. The van der Waals surface area contributed by atoms with E-state index in [0.29, 0.717) is 22.6 Å². The molecule has 1 saturated heterocycles. The van der Waals surface area contributed by atoms with Crippen molar-refractivity contribution in [1.82, 2.24) is 4.90 Å². The number of benzene rings is 1. The van der Waals surface area contributed by atoms with E-state index in [1.54, 1.807) is 0 Å². The molecular weight excluding hydrogens is 382 g/mol. The number of carbonyl (C=O) groups excluding carboxylic acids is 1. The fraction of sp³-hybridized carbons (Fsp3) is 0.500. The number of piperidine rings is 1. The van der Waals surface area contributed by atoms with Crippen LogP contribution in [0.1, 0.15) is 35.7 Å². The second-order valence-electron chi connectivity index (χ2n) is 5.16. The minimum absolute atomic E-state index is 0.243. The Labute approximate surface area is 129 Å². The van der Waals surface area contributed by atoms with Crippen LogP contribution in [-0.4, -0.2) is 23.9 Å². The van der Waals surface area contributed by atoms with E-state index in [1.165, 1.54) is 17.0 Å². The monoisotopic (exact) mass is 397 g/mol. The molecule has 1 aliphatic heterocycles. The van der Waals surface area contributed by atoms with Gasteiger partial charge in [-0.25, -0.2) is 0 Å². The molecule has 0 radical (unpaired) electrons. The second kappa shape index (κ2) is 5.91. The number of hydrogen-bond acceptors (Lipinski definition) is 1. The van der Waals surface area contributed by atoms with Gasteiger partial charge in [0.2, 0.25) is 0 Å². The summed E-state index contributed by atoms with van der Waals surface area (Å²) in [6.45, 7) is 3.15. The maximum Gasteiger partial charge on any atom is 0.417 e. The second-order valence-corrected chi connectivity index (χ2v) is 6.41. The molecule has 1 heterocycles. The molecule has 0 spiro atoms. The number of amides is 1. The largest absolute Gasteiger partial charge is 0.417 e. The van der Waals surface area contributed by atoms with Crippen molar-refractivity contribution >= 4 is 28.5 Å². The maximum absolute atomic E-state index is 13.0. The molecule has 2 rings (SSSR count). The van der Waals surface area contributed by atoms with Gasteiger partial charge in [0.1, 0.15) is 0 Å². The summed E-state index contributed by atoms with van der Waals surface area (Å²) in [5.74, 6) is 0.0125. The van der Waals surface area contributed by atoms with Gasteiger partial charge in [0.15, 0.2) is 0 Å². The van der Waals surface area contributed by atoms with Crippen molar-refractivity contribution in [2.45, 2.75) is 25.9 Å². The van der Waals surface area contributed by atoms with E-state index >= 15 is 0 Å². The summed E-state index contributed by atoms with van der Waals surface area (Å²) >= 11 is 1.82. The molecule has 0 bridgehead atoms. The Morgan fingerprint density at radius 1 is 1.30 bits per heavy atom. The van der Waals surface area contributed by atoms with Crippen LogP contribution < -0.4 is 0 Å². The third-order valence-corrected chi connectivity index (χ3v) is 4.26. The van der Waals surface area contributed by atoms with Gasteiger partial charge in [-0.1, -0.05) is 6.92 Å². The van der Waals surface area contributed by atoms with E-state index in [-0.39, 0.29) is 5.56 Å². The highest BCUT2D eigenvalue weighted by molar-refractivity contribution is 14.1. The van der Waals surface area contributed by atoms with E-state index in [9.17, 15) is 18.0 Å². The number of likely N-dealkylation sites (tertiary alicyclic amines) is 1. The molecule has 1 fully saturated rings. The molecule has 0 unspecified atom stereocenters. The molecule has 20 heavy (non-hydrogen) atoms. The van der Waals surface area contributed by atoms with Crippen molar-refractivity contribution in [2.24, 2.45) is 5.92 Å². The number of halogens is 4. The maximum atomic E-state index is 13.0. The Balaban J connectivity index is 2.30. The smallest absolute Gasteiger partial charge is 0.339 e. The summed E-state index contributed by atoms with van der Waals surface area (Å²) in [5, 5.41) is 0. The zero-order valence-corrected chi connectivity index (χ0v) is 13.2. The number of alkyl halides is 3. The van der Waals surface area contributed by atoms with Crippen molar-refractivity contribution in [3.63, 3.8) is 0 Å². The predicted octanol–water partition coefficient (Wildman–Crippen LogP) is 4.18. The Kier molecular flexibility index (Phi) is 4.61. The van der Waals surface area contributed by atoms with Crippen molar-refractivity contribution in [3.05, 3.63) is 32.9 Å². The van der Waals surface area contributed by atoms with Crippen LogP contribution in [0.25, 0.3) is 0 Å². The van der Waals surface area contributed by atoms with Crippen LogP contribution in [0, 0.1) is 9.49 Å². The zero-order valence-electron chi connectivity index (χ0n) is 11.0. The molecule has 0 N–H and O–H groups in total. The molecule has 1 amide bonds. The standard InChI is InChI=1S/C14H15F3INO/c1-9-4-6-19(7-5-9)13(20)11-3-2-10(18)8-12(11)14(15,16)17/h2-3,8-9H,4-7H2,1H3. The lowest BCUT2D eigenvalue weighted by Gasteiger charge is -2.31. The lowest BCUT2D eigenvalue weighted by Crippen LogP contribution is -2.38. The van der Waals surface area contributed by atoms with Gasteiger partial charge in [0.25, 0.3) is 5.91 Å². The van der Waals surface area contributed by atoms with Crippen LogP contribution in [0.4, 0.5) is 13.2 Å². The molecule has 1 aliphatic rings. The SMILES string of the molecule is CC1CCN(C(=O)c2ccc(I)cc2C(F)(F)F)CC1. The van der Waals surface area contributed by atoms with Gasteiger partial charge >= 0.3 is 6.18 Å². The topological polar surface area (TPSA) is 20.3 Å². The van der Waals surface area contributed by atoms with Gasteiger partial charge < -0.3 is 4.90 Å². The third kappa shape index (κ3) is 3.45. The number of carbonyl (C=O) groups is 1. The van der Waals surface area contributed by atoms with Crippen LogP contribution in [-0.2, 0) is 6.18 Å². The summed E-state index contributed by atoms with van der Waals surface area (Å²) in [6.07, 6.45) is -2.82. The summed E-state index contributed by atoms with van der Waals surface area (Å²) in [6, 6.07) is 3.85. The molecule has 1 aromatic rings. The van der Waals surface area contributed by atoms with Crippen LogP contribution in [0.5, 0.6) is 0 Å². The first-order valence-electron chi connectivity index (χ1n) is 6.45. The lowest BCUT2D eigenvalue weighted by atomic mass is 9.98. The molecular formula is C14H15F3INO. The molecule has 0 aromatic heterocycles. The quantitative estimate of drug-likeness (QED) is 0.652. The van der Waals surface area contributed by atoms with Gasteiger partial charge in [-0.05, 0) is 59.5 Å². The minimum Gasteiger partial charge on any atom is -0.339 e. The highest BCUT2D eigenvalue weighted by Crippen LogP contribution is 2.34. The lowest BCUT2D eigenvalue weighted by molar-refractivity contribution is -0.138. The summed E-state index contributed by atoms with van der Waals surface area (Å²) in [5.41, 5.74) is -1.08. The van der Waals surface area contributed by atoms with Crippen molar-refractivity contribution in [3.8, 4) is 0 Å². The molecule has 0 atom stereocenters. The first-order chi connectivity index (χ1) is 9.29. The van der Waals surface area contributed by atoms with E-state index in [4.69, 9.17) is 0 Å². The molecule has 0 aliphatic carbocycles. The molecule has 110 valence electrons. The number of rotatable bonds is 1. The highest BCUT2D eigenvalue weighted by Gasteiger charge is 2.36. The molecule has 2 nitrogen and oxygen atoms in total. The van der Waals surface area contributed by atoms with Gasteiger partial charge in [-0.3, -0.25) is 4.79 Å².